The molecule has 0 saturated carbocycles. The first-order chi connectivity index (χ1) is 15.4. The van der Waals surface area contributed by atoms with Crippen LogP contribution in [0.4, 0.5) is 11.4 Å². The second-order valence-electron chi connectivity index (χ2n) is 8.20. The molecule has 0 bridgehead atoms. The number of nitrogens with zero attached hydrogens (tertiary/aromatic N) is 3. The molecule has 0 amide bonds. The van der Waals surface area contributed by atoms with Crippen molar-refractivity contribution in [1.82, 2.24) is 0 Å². The summed E-state index contributed by atoms with van der Waals surface area (Å²) in [6.45, 7) is 0.741. The maximum atomic E-state index is 9.14. The number of rotatable bonds is 5. The lowest BCUT2D eigenvalue weighted by Crippen LogP contribution is -2.20. The second kappa shape index (κ2) is 10.7. The Kier molecular flexibility index (Phi) is 7.70. The van der Waals surface area contributed by atoms with Crippen LogP contribution < -0.4 is 9.80 Å². The minimum Gasteiger partial charge on any atom is -0.395 e. The normalized spacial score (nSPS) is 12.3. The van der Waals surface area contributed by atoms with E-state index in [0.29, 0.717) is 6.54 Å². The summed E-state index contributed by atoms with van der Waals surface area (Å²) in [5.74, 6) is 6.76. The topological polar surface area (TPSA) is 29.7 Å². The lowest BCUT2D eigenvalue weighted by Gasteiger charge is -2.17. The van der Waals surface area contributed by atoms with Crippen LogP contribution in [0, 0.1) is 11.8 Å². The molecule has 0 fully saturated rings. The van der Waals surface area contributed by atoms with E-state index >= 15 is 0 Å². The Morgan fingerprint density at radius 3 is 1.97 bits per heavy atom. The van der Waals surface area contributed by atoms with Crippen molar-refractivity contribution in [3.05, 3.63) is 89.5 Å². The molecule has 4 heteroatoms. The largest absolute Gasteiger partial charge is 0.395 e. The van der Waals surface area contributed by atoms with Gasteiger partial charge in [-0.15, -0.1) is 0 Å². The summed E-state index contributed by atoms with van der Waals surface area (Å²) in [7, 11) is 10.1. The standard InChI is InChI=1S/C28H32N3O/c1-29(2)25-15-9-23(10-16-25)28(24-11-17-26(18-12-24)30(3)4)19-8-22-6-13-27(14-7-22)31(5)20-21-32/h6-7,9-18,32H,20-21H2,1-5H3/q+1. The molecule has 1 aliphatic rings. The van der Waals surface area contributed by atoms with Gasteiger partial charge in [-0.2, -0.15) is 0 Å². The fraction of sp³-hybridized carbons (Fsp3) is 0.250. The van der Waals surface area contributed by atoms with Crippen LogP contribution in [-0.2, 0) is 0 Å². The summed E-state index contributed by atoms with van der Waals surface area (Å²) in [6.07, 6.45) is 8.51. The van der Waals surface area contributed by atoms with Crippen molar-refractivity contribution in [2.75, 3.05) is 58.2 Å². The van der Waals surface area contributed by atoms with Crippen molar-refractivity contribution in [2.24, 2.45) is 0 Å². The number of aliphatic hydroxyl groups excluding tert-OH is 1. The first-order valence-corrected chi connectivity index (χ1v) is 10.8. The highest BCUT2D eigenvalue weighted by Crippen LogP contribution is 2.24. The van der Waals surface area contributed by atoms with E-state index in [2.05, 4.69) is 69.9 Å². The highest BCUT2D eigenvalue weighted by atomic mass is 16.3. The van der Waals surface area contributed by atoms with Crippen LogP contribution in [0.3, 0.4) is 0 Å². The van der Waals surface area contributed by atoms with Gasteiger partial charge in [0.15, 0.2) is 5.71 Å². The van der Waals surface area contributed by atoms with Gasteiger partial charge < -0.3 is 14.9 Å². The van der Waals surface area contributed by atoms with Crippen LogP contribution in [-0.4, -0.2) is 63.8 Å². The molecule has 4 nitrogen and oxygen atoms in total. The average molecular weight is 427 g/mol. The SMILES string of the molecule is CN(C)c1ccc(C(C#Cc2ccc(N(C)CCO)cc2)=C2C=CC(=[N+](C)C)C=C2)cc1. The van der Waals surface area contributed by atoms with Gasteiger partial charge in [0, 0.05) is 62.4 Å². The Labute approximate surface area is 192 Å². The number of likely N-dealkylation sites (N-methyl/N-ethyl adjacent to an activating group) is 1. The first-order valence-electron chi connectivity index (χ1n) is 10.8. The van der Waals surface area contributed by atoms with Crippen molar-refractivity contribution in [2.45, 2.75) is 0 Å². The lowest BCUT2D eigenvalue weighted by molar-refractivity contribution is -0.462. The monoisotopic (exact) mass is 426 g/mol. The van der Waals surface area contributed by atoms with Crippen LogP contribution in [0.25, 0.3) is 5.57 Å². The molecular formula is C28H32N3O+. The van der Waals surface area contributed by atoms with Crippen molar-refractivity contribution in [1.29, 1.82) is 0 Å². The second-order valence-corrected chi connectivity index (χ2v) is 8.20. The van der Waals surface area contributed by atoms with E-state index in [4.69, 9.17) is 5.11 Å². The molecule has 0 atom stereocenters. The highest BCUT2D eigenvalue weighted by Gasteiger charge is 2.10. The van der Waals surface area contributed by atoms with E-state index in [0.717, 1.165) is 39.4 Å². The van der Waals surface area contributed by atoms with Gasteiger partial charge >= 0.3 is 0 Å². The van der Waals surface area contributed by atoms with E-state index in [-0.39, 0.29) is 6.61 Å². The summed E-state index contributed by atoms with van der Waals surface area (Å²) in [5, 5.41) is 9.14. The third-order valence-corrected chi connectivity index (χ3v) is 5.42. The number of allylic oxidation sites excluding steroid dienone is 6. The van der Waals surface area contributed by atoms with E-state index in [1.54, 1.807) is 0 Å². The summed E-state index contributed by atoms with van der Waals surface area (Å²) in [4.78, 5) is 4.11. The molecule has 0 unspecified atom stereocenters. The Morgan fingerprint density at radius 1 is 0.844 bits per heavy atom. The average Bonchev–Trinajstić information content (AvgIpc) is 2.80. The van der Waals surface area contributed by atoms with Gasteiger partial charge in [-0.1, -0.05) is 24.0 Å². The van der Waals surface area contributed by atoms with Crippen LogP contribution in [0.2, 0.25) is 0 Å². The summed E-state index contributed by atoms with van der Waals surface area (Å²) in [5.41, 5.74) is 7.53. The van der Waals surface area contributed by atoms with E-state index < -0.39 is 0 Å². The molecule has 0 radical (unpaired) electrons. The van der Waals surface area contributed by atoms with Gasteiger partial charge in [-0.05, 0) is 59.7 Å². The number of hydrogen-bond acceptors (Lipinski definition) is 3. The molecule has 0 aliphatic heterocycles. The molecule has 1 N–H and O–H groups in total. The van der Waals surface area contributed by atoms with Gasteiger partial charge in [0.25, 0.3) is 0 Å². The smallest absolute Gasteiger partial charge is 0.199 e. The zero-order chi connectivity index (χ0) is 23.1. The van der Waals surface area contributed by atoms with Crippen molar-refractivity contribution in [3.63, 3.8) is 0 Å². The number of benzene rings is 2. The van der Waals surface area contributed by atoms with Crippen LogP contribution in [0.15, 0.2) is 78.4 Å². The van der Waals surface area contributed by atoms with Gasteiger partial charge in [0.1, 0.15) is 14.1 Å². The summed E-state index contributed by atoms with van der Waals surface area (Å²) in [6, 6.07) is 16.6. The van der Waals surface area contributed by atoms with Crippen molar-refractivity contribution < 1.29 is 9.68 Å². The van der Waals surface area contributed by atoms with Gasteiger partial charge in [-0.3, -0.25) is 0 Å². The minimum absolute atomic E-state index is 0.135. The molecule has 0 aromatic heterocycles. The molecule has 32 heavy (non-hydrogen) atoms. The minimum atomic E-state index is 0.135. The molecule has 0 heterocycles. The third-order valence-electron chi connectivity index (χ3n) is 5.42. The number of hydrogen-bond donors (Lipinski definition) is 1. The van der Waals surface area contributed by atoms with E-state index in [1.165, 1.54) is 0 Å². The lowest BCUT2D eigenvalue weighted by atomic mass is 9.96. The quantitative estimate of drug-likeness (QED) is 0.582. The van der Waals surface area contributed by atoms with Gasteiger partial charge in [0.2, 0.25) is 0 Å². The van der Waals surface area contributed by atoms with E-state index in [9.17, 15) is 0 Å². The Morgan fingerprint density at radius 2 is 1.44 bits per heavy atom. The van der Waals surface area contributed by atoms with Crippen LogP contribution in [0.5, 0.6) is 0 Å². The van der Waals surface area contributed by atoms with Crippen molar-refractivity contribution in [3.8, 4) is 11.8 Å². The molecule has 0 saturated heterocycles. The Bertz CT molecular complexity index is 1100. The maximum absolute atomic E-state index is 9.14. The summed E-state index contributed by atoms with van der Waals surface area (Å²) >= 11 is 0. The maximum Gasteiger partial charge on any atom is 0.199 e. The fourth-order valence-electron chi connectivity index (χ4n) is 3.38. The number of aliphatic hydroxyl groups is 1. The predicted octanol–water partition coefficient (Wildman–Crippen LogP) is 3.83. The first kappa shape index (κ1) is 23.1. The highest BCUT2D eigenvalue weighted by molar-refractivity contribution is 6.04. The molecule has 164 valence electrons. The zero-order valence-corrected chi connectivity index (χ0v) is 19.6. The third kappa shape index (κ3) is 5.78. The molecule has 2 aromatic carbocycles. The van der Waals surface area contributed by atoms with E-state index in [1.807, 2.05) is 64.4 Å². The van der Waals surface area contributed by atoms with Crippen molar-refractivity contribution >= 4 is 22.7 Å². The fourth-order valence-corrected chi connectivity index (χ4v) is 3.38. The Hall–Kier alpha value is -3.55. The van der Waals surface area contributed by atoms with Gasteiger partial charge in [0.05, 0.1) is 6.61 Å². The van der Waals surface area contributed by atoms with Gasteiger partial charge in [-0.25, -0.2) is 4.58 Å². The molecular weight excluding hydrogens is 394 g/mol. The molecule has 3 rings (SSSR count). The Balaban J connectivity index is 1.98. The molecule has 1 aliphatic carbocycles. The number of anilines is 2. The summed E-state index contributed by atoms with van der Waals surface area (Å²) < 4.78 is 2.09. The molecule has 0 spiro atoms. The molecule has 2 aromatic rings. The van der Waals surface area contributed by atoms with Crippen LogP contribution in [0.1, 0.15) is 11.1 Å². The van der Waals surface area contributed by atoms with Crippen LogP contribution >= 0.6 is 0 Å². The zero-order valence-electron chi connectivity index (χ0n) is 19.6. The predicted molar refractivity (Wildman–Crippen MR) is 137 cm³/mol.